The Hall–Kier alpha value is -2.39. The molecule has 1 fully saturated rings. The number of nitrogen functional groups attached to an aromatic ring is 1. The molecule has 1 aliphatic carbocycles. The van der Waals surface area contributed by atoms with Crippen LogP contribution in [0.4, 0.5) is 5.82 Å². The molecule has 5 atom stereocenters. The van der Waals surface area contributed by atoms with E-state index in [0.717, 1.165) is 0 Å². The monoisotopic (exact) mass is 458 g/mol. The van der Waals surface area contributed by atoms with Gasteiger partial charge in [-0.1, -0.05) is 20.8 Å². The fraction of sp³-hybridized carbons (Fsp3) is 0.647. The van der Waals surface area contributed by atoms with Gasteiger partial charge in [-0.05, 0) is 11.8 Å². The van der Waals surface area contributed by atoms with Gasteiger partial charge in [0, 0.05) is 5.92 Å². The van der Waals surface area contributed by atoms with Crippen LogP contribution in [0.2, 0.25) is 0 Å². The molecule has 14 heteroatoms. The lowest BCUT2D eigenvalue weighted by molar-refractivity contribution is -0.132. The highest BCUT2D eigenvalue weighted by Gasteiger charge is 2.44. The van der Waals surface area contributed by atoms with Crippen molar-refractivity contribution in [3.05, 3.63) is 12.7 Å². The molecule has 172 valence electrons. The quantitative estimate of drug-likeness (QED) is 0.336. The smallest absolute Gasteiger partial charge is 0.362 e. The summed E-state index contributed by atoms with van der Waals surface area (Å²) in [5, 5.41) is 30.8. The van der Waals surface area contributed by atoms with Crippen LogP contribution in [0.5, 0.6) is 0 Å². The molecule has 2 aromatic heterocycles. The Morgan fingerprint density at radius 3 is 2.65 bits per heavy atom. The van der Waals surface area contributed by atoms with Gasteiger partial charge in [0.25, 0.3) is 5.91 Å². The summed E-state index contributed by atoms with van der Waals surface area (Å²) in [6.45, 7) is 4.21. The Labute approximate surface area is 178 Å². The summed E-state index contributed by atoms with van der Waals surface area (Å²) in [5.41, 5.74) is 5.59. The summed E-state index contributed by atoms with van der Waals surface area (Å²) in [6.07, 6.45) is -1.32. The van der Waals surface area contributed by atoms with Gasteiger partial charge in [0.2, 0.25) is 0 Å². The number of aliphatic hydroxyl groups excluding tert-OH is 3. The first kappa shape index (κ1) is 23.3. The van der Waals surface area contributed by atoms with Gasteiger partial charge in [-0.25, -0.2) is 19.7 Å². The van der Waals surface area contributed by atoms with Crippen molar-refractivity contribution in [3.63, 3.8) is 0 Å². The predicted molar refractivity (Wildman–Crippen MR) is 107 cm³/mol. The van der Waals surface area contributed by atoms with E-state index in [0.29, 0.717) is 11.2 Å². The summed E-state index contributed by atoms with van der Waals surface area (Å²) in [7, 11) is -4.53. The van der Waals surface area contributed by atoms with Gasteiger partial charge < -0.3 is 25.6 Å². The van der Waals surface area contributed by atoms with Crippen molar-refractivity contribution >= 4 is 33.2 Å². The standard InChI is InChI=1S/C17H26N6O7S/c1-17(2,3)13(26)16(27)22-31(28,29)30-5-8-4-9(12(25)11(8)24)23-7-21-10-14(18)19-6-20-15(10)23/h6-9,11-13,24-26H,4-5H2,1-3H3,(H,22,27)(H2,18,19,20)/t8-,9-,11-,12+,13+/m1/s1. The lowest BCUT2D eigenvalue weighted by Gasteiger charge is -2.24. The Morgan fingerprint density at radius 1 is 1.32 bits per heavy atom. The Kier molecular flexibility index (Phi) is 6.21. The van der Waals surface area contributed by atoms with Crippen molar-refractivity contribution in [3.8, 4) is 0 Å². The fourth-order valence-electron chi connectivity index (χ4n) is 3.43. The molecule has 3 rings (SSSR count). The summed E-state index contributed by atoms with van der Waals surface area (Å²) in [4.78, 5) is 24.0. The van der Waals surface area contributed by atoms with E-state index >= 15 is 0 Å². The van der Waals surface area contributed by atoms with E-state index in [9.17, 15) is 28.5 Å². The van der Waals surface area contributed by atoms with Gasteiger partial charge in [0.05, 0.1) is 25.1 Å². The number of aliphatic hydroxyl groups is 3. The summed E-state index contributed by atoms with van der Waals surface area (Å²) in [6, 6.07) is -0.664. The maximum Gasteiger partial charge on any atom is 0.362 e. The van der Waals surface area contributed by atoms with E-state index in [1.54, 1.807) is 25.5 Å². The third-order valence-electron chi connectivity index (χ3n) is 5.25. The fourth-order valence-corrected chi connectivity index (χ4v) is 4.20. The van der Waals surface area contributed by atoms with Crippen LogP contribution in [0.3, 0.4) is 0 Å². The number of nitrogens with one attached hydrogen (secondary N) is 1. The van der Waals surface area contributed by atoms with E-state index in [1.165, 1.54) is 17.2 Å². The van der Waals surface area contributed by atoms with E-state index < -0.39 is 58.5 Å². The van der Waals surface area contributed by atoms with Gasteiger partial charge in [0.15, 0.2) is 11.5 Å². The maximum absolute atomic E-state index is 12.1. The van der Waals surface area contributed by atoms with Gasteiger partial charge in [0.1, 0.15) is 24.1 Å². The van der Waals surface area contributed by atoms with E-state index in [-0.39, 0.29) is 12.2 Å². The average molecular weight is 458 g/mol. The Morgan fingerprint density at radius 2 is 2.00 bits per heavy atom. The molecule has 1 saturated carbocycles. The number of amides is 1. The molecule has 31 heavy (non-hydrogen) atoms. The van der Waals surface area contributed by atoms with Crippen LogP contribution < -0.4 is 10.5 Å². The highest BCUT2D eigenvalue weighted by atomic mass is 32.2. The van der Waals surface area contributed by atoms with Crippen LogP contribution in [0, 0.1) is 11.3 Å². The van der Waals surface area contributed by atoms with Crippen molar-refractivity contribution in [1.82, 2.24) is 24.2 Å². The summed E-state index contributed by atoms with van der Waals surface area (Å²) < 4.78 is 32.2. The number of fused-ring (bicyclic) bond motifs is 1. The Bertz CT molecular complexity index is 1070. The first-order valence-corrected chi connectivity index (χ1v) is 10.9. The number of aromatic nitrogens is 4. The van der Waals surface area contributed by atoms with Crippen LogP contribution in [0.15, 0.2) is 12.7 Å². The molecular formula is C17H26N6O7S. The van der Waals surface area contributed by atoms with Gasteiger partial charge in [-0.3, -0.25) is 8.98 Å². The van der Waals surface area contributed by atoms with Crippen LogP contribution in [-0.4, -0.2) is 74.1 Å². The highest BCUT2D eigenvalue weighted by Crippen LogP contribution is 2.37. The van der Waals surface area contributed by atoms with Crippen molar-refractivity contribution in [2.45, 2.75) is 51.5 Å². The normalized spacial score (nSPS) is 25.6. The minimum atomic E-state index is -4.53. The van der Waals surface area contributed by atoms with E-state index in [1.807, 2.05) is 0 Å². The van der Waals surface area contributed by atoms with Crippen LogP contribution >= 0.6 is 0 Å². The highest BCUT2D eigenvalue weighted by molar-refractivity contribution is 7.85. The van der Waals surface area contributed by atoms with Gasteiger partial charge in [-0.2, -0.15) is 8.42 Å². The second-order valence-electron chi connectivity index (χ2n) is 8.60. The second-order valence-corrected chi connectivity index (χ2v) is 9.95. The van der Waals surface area contributed by atoms with Crippen LogP contribution in [0.1, 0.15) is 33.2 Å². The van der Waals surface area contributed by atoms with Crippen molar-refractivity contribution in [2.75, 3.05) is 12.3 Å². The predicted octanol–water partition coefficient (Wildman–Crippen LogP) is -1.52. The number of anilines is 1. The first-order valence-electron chi connectivity index (χ1n) is 9.50. The number of nitrogens with two attached hydrogens (primary N) is 1. The van der Waals surface area contributed by atoms with Crippen molar-refractivity contribution in [2.24, 2.45) is 11.3 Å². The number of hydrogen-bond donors (Lipinski definition) is 5. The molecule has 0 unspecified atom stereocenters. The molecule has 1 amide bonds. The Balaban J connectivity index is 1.68. The largest absolute Gasteiger partial charge is 0.390 e. The third-order valence-corrected chi connectivity index (χ3v) is 6.14. The topological polar surface area (TPSA) is 203 Å². The van der Waals surface area contributed by atoms with Crippen LogP contribution in [0.25, 0.3) is 11.2 Å². The van der Waals surface area contributed by atoms with Gasteiger partial charge in [-0.15, -0.1) is 0 Å². The third kappa shape index (κ3) is 4.77. The molecule has 0 radical (unpaired) electrons. The van der Waals surface area contributed by atoms with Gasteiger partial charge >= 0.3 is 10.3 Å². The molecular weight excluding hydrogens is 432 g/mol. The zero-order valence-corrected chi connectivity index (χ0v) is 18.0. The minimum absolute atomic E-state index is 0.145. The number of nitrogens with zero attached hydrogens (tertiary/aromatic N) is 4. The minimum Gasteiger partial charge on any atom is -0.390 e. The number of imidazole rings is 1. The second kappa shape index (κ2) is 8.27. The van der Waals surface area contributed by atoms with E-state index in [2.05, 4.69) is 15.0 Å². The average Bonchev–Trinajstić information content (AvgIpc) is 3.21. The van der Waals surface area contributed by atoms with Crippen molar-refractivity contribution in [1.29, 1.82) is 0 Å². The molecule has 2 heterocycles. The summed E-state index contributed by atoms with van der Waals surface area (Å²) >= 11 is 0. The van der Waals surface area contributed by atoms with Crippen LogP contribution in [-0.2, 0) is 19.3 Å². The molecule has 2 aromatic rings. The molecule has 0 saturated heterocycles. The molecule has 0 aliphatic heterocycles. The molecule has 13 nitrogen and oxygen atoms in total. The number of carbonyl (C=O) groups is 1. The molecule has 0 spiro atoms. The maximum atomic E-state index is 12.1. The zero-order valence-electron chi connectivity index (χ0n) is 17.2. The zero-order chi connectivity index (χ0) is 23.1. The SMILES string of the molecule is CC(C)(C)[C@@H](O)C(=O)NS(=O)(=O)OC[C@H]1C[C@@H](n2cnc3c(N)ncnc32)[C@H](O)[C@@H]1O. The van der Waals surface area contributed by atoms with Crippen molar-refractivity contribution < 1.29 is 32.7 Å². The molecule has 6 N–H and O–H groups in total. The molecule has 1 aliphatic rings. The summed E-state index contributed by atoms with van der Waals surface area (Å²) in [5.74, 6) is -1.73. The molecule has 0 bridgehead atoms. The number of rotatable bonds is 6. The number of carbonyl (C=O) groups excluding carboxylic acids is 1. The number of hydrogen-bond acceptors (Lipinski definition) is 11. The first-order chi connectivity index (χ1) is 14.3. The van der Waals surface area contributed by atoms with E-state index in [4.69, 9.17) is 9.92 Å². The molecule has 0 aromatic carbocycles. The lowest BCUT2D eigenvalue weighted by Crippen LogP contribution is -2.45. The lowest BCUT2D eigenvalue weighted by atomic mass is 9.89.